The van der Waals surface area contributed by atoms with Crippen LogP contribution in [0, 0.1) is 0 Å². The molecule has 8 nitrogen and oxygen atoms in total. The number of carboxylic acid groups (broad SMARTS) is 1. The van der Waals surface area contributed by atoms with Crippen LogP contribution in [0.25, 0.3) is 5.65 Å². The highest BCUT2D eigenvalue weighted by molar-refractivity contribution is 6.30. The quantitative estimate of drug-likeness (QED) is 0.618. The van der Waals surface area contributed by atoms with Crippen LogP contribution in [0.4, 0.5) is 5.69 Å². The molecule has 4 rings (SSSR count). The van der Waals surface area contributed by atoms with Crippen LogP contribution in [0.5, 0.6) is 0 Å². The van der Waals surface area contributed by atoms with Crippen LogP contribution < -0.4 is 10.6 Å². The van der Waals surface area contributed by atoms with Gasteiger partial charge in [-0.15, -0.1) is 17.5 Å². The van der Waals surface area contributed by atoms with Crippen LogP contribution in [0.1, 0.15) is 6.42 Å². The first-order valence-corrected chi connectivity index (χ1v) is 9.92. The minimum absolute atomic E-state index is 0. The summed E-state index contributed by atoms with van der Waals surface area (Å²) in [5.41, 5.74) is 1.36. The van der Waals surface area contributed by atoms with Gasteiger partial charge < -0.3 is 10.0 Å². The molecule has 1 saturated heterocycles. The molecule has 1 N–H and O–H groups in total. The fourth-order valence-corrected chi connectivity index (χ4v) is 3.95. The molecule has 0 saturated carbocycles. The van der Waals surface area contributed by atoms with E-state index in [4.69, 9.17) is 11.6 Å². The van der Waals surface area contributed by atoms with Crippen molar-refractivity contribution in [2.24, 2.45) is 0 Å². The lowest BCUT2D eigenvalue weighted by molar-refractivity contribution is -0.143. The van der Waals surface area contributed by atoms with E-state index in [0.29, 0.717) is 43.3 Å². The van der Waals surface area contributed by atoms with E-state index in [-0.39, 0.29) is 18.1 Å². The maximum absolute atomic E-state index is 12.3. The Bertz CT molecular complexity index is 1080. The first-order chi connectivity index (χ1) is 14.0. The second kappa shape index (κ2) is 9.51. The van der Waals surface area contributed by atoms with Gasteiger partial charge in [-0.2, -0.15) is 0 Å². The molecule has 0 bridgehead atoms. The number of pyridine rings is 1. The third kappa shape index (κ3) is 4.61. The molecule has 0 spiro atoms. The van der Waals surface area contributed by atoms with Crippen LogP contribution in [0.15, 0.2) is 53.5 Å². The van der Waals surface area contributed by atoms with Crippen molar-refractivity contribution in [1.29, 1.82) is 0 Å². The van der Waals surface area contributed by atoms with Crippen molar-refractivity contribution in [1.82, 2.24) is 19.1 Å². The molecule has 3 heterocycles. The molecule has 1 aliphatic rings. The highest BCUT2D eigenvalue weighted by atomic mass is 35.5. The Morgan fingerprint density at radius 1 is 1.17 bits per heavy atom. The zero-order valence-electron chi connectivity index (χ0n) is 16.2. The Morgan fingerprint density at radius 2 is 2.00 bits per heavy atom. The second-order valence-electron chi connectivity index (χ2n) is 7.10. The van der Waals surface area contributed by atoms with Crippen LogP contribution >= 0.6 is 24.0 Å². The molecule has 1 fully saturated rings. The van der Waals surface area contributed by atoms with Crippen molar-refractivity contribution < 1.29 is 9.90 Å². The van der Waals surface area contributed by atoms with E-state index in [1.807, 2.05) is 34.1 Å². The van der Waals surface area contributed by atoms with Gasteiger partial charge in [-0.25, -0.2) is 9.48 Å². The van der Waals surface area contributed by atoms with Gasteiger partial charge in [-0.05, 0) is 36.8 Å². The van der Waals surface area contributed by atoms with E-state index >= 15 is 0 Å². The number of aliphatic carboxylic acids is 1. The maximum Gasteiger partial charge on any atom is 0.350 e. The van der Waals surface area contributed by atoms with Gasteiger partial charge in [-0.3, -0.25) is 14.1 Å². The maximum atomic E-state index is 12.3. The highest BCUT2D eigenvalue weighted by Gasteiger charge is 2.32. The highest BCUT2D eigenvalue weighted by Crippen LogP contribution is 2.23. The van der Waals surface area contributed by atoms with E-state index in [2.05, 4.69) is 5.10 Å². The molecule has 160 valence electrons. The lowest BCUT2D eigenvalue weighted by Gasteiger charge is -2.40. The molecule has 1 aromatic carbocycles. The lowest BCUT2D eigenvalue weighted by Crippen LogP contribution is -2.56. The van der Waals surface area contributed by atoms with E-state index < -0.39 is 12.0 Å². The summed E-state index contributed by atoms with van der Waals surface area (Å²) in [6.07, 6.45) is 2.33. The number of halogens is 2. The number of rotatable bonds is 6. The van der Waals surface area contributed by atoms with Gasteiger partial charge in [0.15, 0.2) is 5.65 Å². The summed E-state index contributed by atoms with van der Waals surface area (Å²) in [7, 11) is 0. The Kier molecular flexibility index (Phi) is 7.02. The van der Waals surface area contributed by atoms with Crippen LogP contribution in [-0.2, 0) is 11.3 Å². The number of nitrogens with zero attached hydrogens (tertiary/aromatic N) is 5. The van der Waals surface area contributed by atoms with Gasteiger partial charge >= 0.3 is 11.7 Å². The minimum atomic E-state index is -0.846. The Labute approximate surface area is 184 Å². The predicted octanol–water partition coefficient (Wildman–Crippen LogP) is 2.24. The molecule has 1 aliphatic heterocycles. The monoisotopic (exact) mass is 451 g/mol. The van der Waals surface area contributed by atoms with Gasteiger partial charge in [0.1, 0.15) is 6.04 Å². The third-order valence-corrected chi connectivity index (χ3v) is 5.49. The van der Waals surface area contributed by atoms with E-state index in [0.717, 1.165) is 12.2 Å². The fraction of sp³-hybridized carbons (Fsp3) is 0.350. The zero-order chi connectivity index (χ0) is 20.4. The number of carbonyl (C=O) groups is 1. The van der Waals surface area contributed by atoms with Gasteiger partial charge in [0, 0.05) is 49.6 Å². The van der Waals surface area contributed by atoms with Crippen molar-refractivity contribution in [2.75, 3.05) is 31.1 Å². The van der Waals surface area contributed by atoms with Gasteiger partial charge in [-0.1, -0.05) is 23.7 Å². The average molecular weight is 452 g/mol. The number of aryl methyl sites for hydroxylation is 1. The van der Waals surface area contributed by atoms with Gasteiger partial charge in [0.2, 0.25) is 0 Å². The average Bonchev–Trinajstić information content (AvgIpc) is 3.04. The Morgan fingerprint density at radius 3 is 2.73 bits per heavy atom. The molecule has 1 atom stereocenters. The first-order valence-electron chi connectivity index (χ1n) is 9.54. The van der Waals surface area contributed by atoms with Gasteiger partial charge in [0.25, 0.3) is 0 Å². The molecule has 3 aromatic rings. The van der Waals surface area contributed by atoms with Crippen molar-refractivity contribution >= 4 is 41.3 Å². The van der Waals surface area contributed by atoms with Crippen molar-refractivity contribution in [2.45, 2.75) is 19.0 Å². The summed E-state index contributed by atoms with van der Waals surface area (Å²) >= 11 is 6.07. The number of carboxylic acids is 1. The number of anilines is 1. The molecule has 0 radical (unpaired) electrons. The normalized spacial score (nSPS) is 17.1. The fourth-order valence-electron chi connectivity index (χ4n) is 3.77. The molecule has 1 unspecified atom stereocenters. The number of benzene rings is 1. The SMILES string of the molecule is Cl.O=C(O)C1CN(c2cccc(Cl)c2)CCN1CCCn1nc2ccccn2c1=O. The van der Waals surface area contributed by atoms with Crippen LogP contribution in [0.3, 0.4) is 0 Å². The third-order valence-electron chi connectivity index (χ3n) is 5.25. The zero-order valence-corrected chi connectivity index (χ0v) is 17.8. The number of hydrogen-bond donors (Lipinski definition) is 1. The number of fused-ring (bicyclic) bond motifs is 1. The predicted molar refractivity (Wildman–Crippen MR) is 118 cm³/mol. The summed E-state index contributed by atoms with van der Waals surface area (Å²) in [6.45, 7) is 2.77. The smallest absolute Gasteiger partial charge is 0.350 e. The molecule has 30 heavy (non-hydrogen) atoms. The molecule has 2 aromatic heterocycles. The Hall–Kier alpha value is -2.55. The van der Waals surface area contributed by atoms with Crippen LogP contribution in [-0.4, -0.2) is 62.4 Å². The van der Waals surface area contributed by atoms with E-state index in [1.165, 1.54) is 9.08 Å². The second-order valence-corrected chi connectivity index (χ2v) is 7.54. The molecular formula is C20H23Cl2N5O3. The molecule has 0 amide bonds. The largest absolute Gasteiger partial charge is 0.480 e. The van der Waals surface area contributed by atoms with Crippen molar-refractivity contribution in [3.05, 3.63) is 64.2 Å². The summed E-state index contributed by atoms with van der Waals surface area (Å²) in [5, 5.41) is 14.7. The number of hydrogen-bond acceptors (Lipinski definition) is 5. The summed E-state index contributed by atoms with van der Waals surface area (Å²) in [4.78, 5) is 28.2. The topological polar surface area (TPSA) is 83.1 Å². The van der Waals surface area contributed by atoms with Crippen molar-refractivity contribution in [3.63, 3.8) is 0 Å². The van der Waals surface area contributed by atoms with Crippen molar-refractivity contribution in [3.8, 4) is 0 Å². The first kappa shape index (κ1) is 22.1. The molecule has 10 heteroatoms. The number of piperazine rings is 1. The minimum Gasteiger partial charge on any atom is -0.480 e. The molecule has 0 aliphatic carbocycles. The van der Waals surface area contributed by atoms with Gasteiger partial charge in [0.05, 0.1) is 0 Å². The number of aromatic nitrogens is 3. The van der Waals surface area contributed by atoms with E-state index in [1.54, 1.807) is 24.4 Å². The standard InChI is InChI=1S/C20H22ClN5O3.ClH/c21-15-5-3-6-16(13-15)24-12-11-23(17(14-24)19(27)28)8-4-10-26-20(29)25-9-2-1-7-18(25)22-26;/h1-3,5-7,9,13,17H,4,8,10-12,14H2,(H,27,28);1H. The van der Waals surface area contributed by atoms with E-state index in [9.17, 15) is 14.7 Å². The summed E-state index contributed by atoms with van der Waals surface area (Å²) < 4.78 is 2.94. The summed E-state index contributed by atoms with van der Waals surface area (Å²) in [6, 6.07) is 12.3. The molecular weight excluding hydrogens is 429 g/mol. The lowest BCUT2D eigenvalue weighted by atomic mass is 10.1. The van der Waals surface area contributed by atoms with Crippen LogP contribution in [0.2, 0.25) is 5.02 Å². The Balaban J connectivity index is 0.00000256. The summed E-state index contributed by atoms with van der Waals surface area (Å²) in [5.74, 6) is -0.846.